The third-order valence-electron chi connectivity index (χ3n) is 1.79. The molecule has 0 saturated heterocycles. The highest BCUT2D eigenvalue weighted by atomic mass is 35.5. The first kappa shape index (κ1) is 12.9. The Hall–Kier alpha value is -1.18. The molecule has 1 rings (SSSR count). The second-order valence-electron chi connectivity index (χ2n) is 3.08. The Bertz CT molecular complexity index is 488. The minimum Gasteiger partial charge on any atom is -0.491 e. The molecule has 0 spiro atoms. The van der Waals surface area contributed by atoms with E-state index in [2.05, 4.69) is 5.92 Å². The highest BCUT2D eigenvalue weighted by molar-refractivity contribution is 7.91. The lowest BCUT2D eigenvalue weighted by molar-refractivity contribution is 0.341. The smallest absolute Gasteiger partial charge is 0.164 e. The lowest BCUT2D eigenvalue weighted by Crippen LogP contribution is -2.16. The SMILES string of the molecule is C#CCS(=O)(=O)CCOc1ccccc1Cl. The topological polar surface area (TPSA) is 43.4 Å². The van der Waals surface area contributed by atoms with E-state index in [0.29, 0.717) is 10.8 Å². The molecule has 86 valence electrons. The van der Waals surface area contributed by atoms with Crippen LogP contribution in [0.15, 0.2) is 24.3 Å². The molecule has 0 bridgehead atoms. The fourth-order valence-electron chi connectivity index (χ4n) is 1.04. The van der Waals surface area contributed by atoms with Crippen LogP contribution in [0, 0.1) is 12.3 Å². The van der Waals surface area contributed by atoms with Crippen molar-refractivity contribution in [3.05, 3.63) is 29.3 Å². The standard InChI is InChI=1S/C11H11ClO3S/c1-2-8-16(13,14)9-7-15-11-6-4-3-5-10(11)12/h1,3-6H,7-9H2. The van der Waals surface area contributed by atoms with Crippen molar-refractivity contribution in [2.75, 3.05) is 18.1 Å². The number of hydrogen-bond acceptors (Lipinski definition) is 3. The Morgan fingerprint density at radius 2 is 2.06 bits per heavy atom. The van der Waals surface area contributed by atoms with E-state index in [4.69, 9.17) is 22.8 Å². The average Bonchev–Trinajstić information content (AvgIpc) is 2.20. The van der Waals surface area contributed by atoms with Crippen molar-refractivity contribution < 1.29 is 13.2 Å². The van der Waals surface area contributed by atoms with E-state index in [1.807, 2.05) is 0 Å². The first-order valence-electron chi connectivity index (χ1n) is 4.56. The summed E-state index contributed by atoms with van der Waals surface area (Å²) in [4.78, 5) is 0. The Morgan fingerprint density at radius 3 is 2.69 bits per heavy atom. The summed E-state index contributed by atoms with van der Waals surface area (Å²) in [6, 6.07) is 6.88. The van der Waals surface area contributed by atoms with Crippen LogP contribution in [0.2, 0.25) is 5.02 Å². The van der Waals surface area contributed by atoms with Gasteiger partial charge in [0, 0.05) is 0 Å². The molecule has 0 N–H and O–H groups in total. The fourth-order valence-corrected chi connectivity index (χ4v) is 1.97. The highest BCUT2D eigenvalue weighted by Crippen LogP contribution is 2.22. The summed E-state index contributed by atoms with van der Waals surface area (Å²) in [5.41, 5.74) is 0. The van der Waals surface area contributed by atoms with Crippen LogP contribution in [0.5, 0.6) is 5.75 Å². The van der Waals surface area contributed by atoms with Crippen LogP contribution >= 0.6 is 11.6 Å². The summed E-state index contributed by atoms with van der Waals surface area (Å²) < 4.78 is 27.7. The molecule has 1 aromatic rings. The van der Waals surface area contributed by atoms with Crippen molar-refractivity contribution in [3.63, 3.8) is 0 Å². The van der Waals surface area contributed by atoms with Gasteiger partial charge in [-0.25, -0.2) is 8.42 Å². The number of terminal acetylenes is 1. The van der Waals surface area contributed by atoms with Crippen LogP contribution in [0.25, 0.3) is 0 Å². The van der Waals surface area contributed by atoms with E-state index in [9.17, 15) is 8.42 Å². The van der Waals surface area contributed by atoms with Gasteiger partial charge in [-0.15, -0.1) is 6.42 Å². The molecular weight excluding hydrogens is 248 g/mol. The van der Waals surface area contributed by atoms with Gasteiger partial charge in [0.2, 0.25) is 0 Å². The van der Waals surface area contributed by atoms with Crippen molar-refractivity contribution in [1.29, 1.82) is 0 Å². The maximum atomic E-state index is 11.3. The molecule has 0 aromatic heterocycles. The van der Waals surface area contributed by atoms with Crippen molar-refractivity contribution in [3.8, 4) is 18.1 Å². The molecule has 0 unspecified atom stereocenters. The van der Waals surface area contributed by atoms with E-state index < -0.39 is 9.84 Å². The van der Waals surface area contributed by atoms with Gasteiger partial charge < -0.3 is 4.74 Å². The molecule has 0 fully saturated rings. The summed E-state index contributed by atoms with van der Waals surface area (Å²) in [7, 11) is -3.22. The van der Waals surface area contributed by atoms with Crippen LogP contribution in [0.3, 0.4) is 0 Å². The zero-order chi connectivity index (χ0) is 12.0. The number of benzene rings is 1. The van der Waals surface area contributed by atoms with Crippen molar-refractivity contribution >= 4 is 21.4 Å². The molecule has 0 heterocycles. The van der Waals surface area contributed by atoms with Crippen LogP contribution in [-0.4, -0.2) is 26.5 Å². The van der Waals surface area contributed by atoms with Gasteiger partial charge >= 0.3 is 0 Å². The van der Waals surface area contributed by atoms with Crippen LogP contribution in [-0.2, 0) is 9.84 Å². The quantitative estimate of drug-likeness (QED) is 0.756. The summed E-state index contributed by atoms with van der Waals surface area (Å²) in [5.74, 6) is 2.20. The molecule has 0 atom stereocenters. The molecule has 0 radical (unpaired) electrons. The van der Waals surface area contributed by atoms with Gasteiger partial charge in [0.15, 0.2) is 9.84 Å². The number of rotatable bonds is 5. The van der Waals surface area contributed by atoms with Gasteiger partial charge in [0.05, 0.1) is 10.8 Å². The molecule has 0 saturated carbocycles. The highest BCUT2D eigenvalue weighted by Gasteiger charge is 2.09. The summed E-state index contributed by atoms with van der Waals surface area (Å²) in [5, 5.41) is 0.455. The number of hydrogen-bond donors (Lipinski definition) is 0. The Labute approximate surface area is 100 Å². The molecule has 1 aromatic carbocycles. The van der Waals surface area contributed by atoms with Gasteiger partial charge in [-0.05, 0) is 12.1 Å². The maximum absolute atomic E-state index is 11.3. The monoisotopic (exact) mass is 258 g/mol. The van der Waals surface area contributed by atoms with E-state index in [1.54, 1.807) is 24.3 Å². The van der Waals surface area contributed by atoms with E-state index >= 15 is 0 Å². The summed E-state index contributed by atoms with van der Waals surface area (Å²) in [6.45, 7) is 0.0494. The van der Waals surface area contributed by atoms with Crippen LogP contribution < -0.4 is 4.74 Å². The second-order valence-corrected chi connectivity index (χ2v) is 5.67. The average molecular weight is 259 g/mol. The van der Waals surface area contributed by atoms with Crippen molar-refractivity contribution in [2.24, 2.45) is 0 Å². The fraction of sp³-hybridized carbons (Fsp3) is 0.273. The molecule has 0 aliphatic carbocycles. The second kappa shape index (κ2) is 5.78. The van der Waals surface area contributed by atoms with E-state index in [0.717, 1.165) is 0 Å². The third-order valence-corrected chi connectivity index (χ3v) is 3.50. The Morgan fingerprint density at radius 1 is 1.38 bits per heavy atom. The molecule has 5 heteroatoms. The lowest BCUT2D eigenvalue weighted by Gasteiger charge is -2.07. The third kappa shape index (κ3) is 4.13. The first-order valence-corrected chi connectivity index (χ1v) is 6.76. The summed E-state index contributed by atoms with van der Waals surface area (Å²) >= 11 is 5.83. The number of ether oxygens (including phenoxy) is 1. The molecule has 3 nitrogen and oxygen atoms in total. The number of para-hydroxylation sites is 1. The molecular formula is C11H11ClO3S. The van der Waals surface area contributed by atoms with Crippen LogP contribution in [0.1, 0.15) is 0 Å². The number of sulfone groups is 1. The Balaban J connectivity index is 2.49. The van der Waals surface area contributed by atoms with Crippen molar-refractivity contribution in [1.82, 2.24) is 0 Å². The van der Waals surface area contributed by atoms with E-state index in [1.165, 1.54) is 0 Å². The first-order chi connectivity index (χ1) is 7.55. The molecule has 0 amide bonds. The van der Waals surface area contributed by atoms with Crippen molar-refractivity contribution in [2.45, 2.75) is 0 Å². The largest absolute Gasteiger partial charge is 0.491 e. The normalized spacial score (nSPS) is 10.8. The van der Waals surface area contributed by atoms with Crippen LogP contribution in [0.4, 0.5) is 0 Å². The van der Waals surface area contributed by atoms with E-state index in [-0.39, 0.29) is 18.1 Å². The molecule has 0 aliphatic rings. The van der Waals surface area contributed by atoms with Gasteiger partial charge in [-0.3, -0.25) is 0 Å². The Kier molecular flexibility index (Phi) is 4.66. The molecule has 16 heavy (non-hydrogen) atoms. The predicted octanol–water partition coefficient (Wildman–Crippen LogP) is 1.77. The van der Waals surface area contributed by atoms with Gasteiger partial charge in [0.1, 0.15) is 18.1 Å². The maximum Gasteiger partial charge on any atom is 0.164 e. The number of halogens is 1. The van der Waals surface area contributed by atoms with Gasteiger partial charge in [-0.1, -0.05) is 29.7 Å². The zero-order valence-corrected chi connectivity index (χ0v) is 10.1. The zero-order valence-electron chi connectivity index (χ0n) is 8.52. The van der Waals surface area contributed by atoms with Gasteiger partial charge in [-0.2, -0.15) is 0 Å². The summed E-state index contributed by atoms with van der Waals surface area (Å²) in [6.07, 6.45) is 4.93. The lowest BCUT2D eigenvalue weighted by atomic mass is 10.3. The minimum absolute atomic E-state index is 0.0494. The van der Waals surface area contributed by atoms with Gasteiger partial charge in [0.25, 0.3) is 0 Å². The minimum atomic E-state index is -3.22. The molecule has 0 aliphatic heterocycles. The predicted molar refractivity (Wildman–Crippen MR) is 64.4 cm³/mol.